The van der Waals surface area contributed by atoms with Gasteiger partial charge >= 0.3 is 0 Å². The fraction of sp³-hybridized carbons (Fsp3) is 0.462. The zero-order valence-electron chi connectivity index (χ0n) is 18.3. The van der Waals surface area contributed by atoms with Gasteiger partial charge in [-0.25, -0.2) is 0 Å². The maximum absolute atomic E-state index is 5.53. The van der Waals surface area contributed by atoms with E-state index in [1.165, 1.54) is 50.1 Å². The average Bonchev–Trinajstić information content (AvgIpc) is 3.29. The number of benzene rings is 2. The lowest BCUT2D eigenvalue weighted by Crippen LogP contribution is -2.54. The van der Waals surface area contributed by atoms with Gasteiger partial charge in [0.15, 0.2) is 11.5 Å². The fourth-order valence-electron chi connectivity index (χ4n) is 4.98. The first-order chi connectivity index (χ1) is 15.3. The Hall–Kier alpha value is -2.34. The van der Waals surface area contributed by atoms with Crippen molar-refractivity contribution in [1.82, 2.24) is 14.7 Å². The summed E-state index contributed by atoms with van der Waals surface area (Å²) in [7, 11) is 0. The molecule has 164 valence electrons. The molecule has 2 aromatic carbocycles. The predicted octanol–water partition coefficient (Wildman–Crippen LogP) is 3.71. The third-order valence-corrected chi connectivity index (χ3v) is 6.72. The monoisotopic (exact) mass is 419 g/mol. The van der Waals surface area contributed by atoms with Gasteiger partial charge in [-0.05, 0) is 42.6 Å². The Labute approximate surface area is 185 Å². The van der Waals surface area contributed by atoms with E-state index in [2.05, 4.69) is 69.3 Å². The molecule has 2 aromatic rings. The molecule has 0 radical (unpaired) electrons. The molecule has 0 bridgehead atoms. The molecule has 0 aliphatic carbocycles. The van der Waals surface area contributed by atoms with Crippen molar-refractivity contribution >= 4 is 6.08 Å². The molecule has 2 saturated heterocycles. The van der Waals surface area contributed by atoms with Crippen LogP contribution in [-0.2, 0) is 6.54 Å². The van der Waals surface area contributed by atoms with Crippen LogP contribution in [-0.4, -0.2) is 73.3 Å². The first-order valence-corrected chi connectivity index (χ1v) is 11.6. The van der Waals surface area contributed by atoms with Gasteiger partial charge in [-0.1, -0.05) is 48.6 Å². The van der Waals surface area contributed by atoms with E-state index in [9.17, 15) is 0 Å². The first kappa shape index (κ1) is 20.6. The molecule has 2 fully saturated rings. The highest BCUT2D eigenvalue weighted by Gasteiger charge is 2.27. The molecule has 5 nitrogen and oxygen atoms in total. The van der Waals surface area contributed by atoms with Crippen LogP contribution in [0, 0.1) is 0 Å². The Bertz CT molecular complexity index is 877. The standard InChI is InChI=1S/C26H33N3O2/c1-2-6-22(7-3-1)8-4-12-27-13-5-9-24(20-27)29-16-14-28(15-17-29)19-23-10-11-25-26(18-23)31-21-30-25/h1-4,6-8,10-11,18,24H,5,9,12-17,19-21H2. The second kappa shape index (κ2) is 9.86. The Kier molecular flexibility index (Phi) is 6.54. The molecule has 0 saturated carbocycles. The minimum absolute atomic E-state index is 0.345. The summed E-state index contributed by atoms with van der Waals surface area (Å²) in [5.41, 5.74) is 2.60. The quantitative estimate of drug-likeness (QED) is 0.712. The minimum atomic E-state index is 0.345. The van der Waals surface area contributed by atoms with Gasteiger partial charge in [0, 0.05) is 51.9 Å². The van der Waals surface area contributed by atoms with Crippen molar-refractivity contribution in [3.05, 3.63) is 65.7 Å². The average molecular weight is 420 g/mol. The lowest BCUT2D eigenvalue weighted by atomic mass is 10.0. The molecule has 1 atom stereocenters. The maximum Gasteiger partial charge on any atom is 0.231 e. The minimum Gasteiger partial charge on any atom is -0.454 e. The van der Waals surface area contributed by atoms with E-state index in [-0.39, 0.29) is 0 Å². The molecule has 0 aromatic heterocycles. The summed E-state index contributed by atoms with van der Waals surface area (Å²) in [4.78, 5) is 7.91. The highest BCUT2D eigenvalue weighted by molar-refractivity contribution is 5.48. The van der Waals surface area contributed by atoms with Crippen LogP contribution in [0.15, 0.2) is 54.6 Å². The molecular weight excluding hydrogens is 386 g/mol. The normalized spacial score (nSPS) is 22.9. The Balaban J connectivity index is 1.08. The van der Waals surface area contributed by atoms with E-state index < -0.39 is 0 Å². The lowest BCUT2D eigenvalue weighted by Gasteiger charge is -2.43. The SMILES string of the molecule is C(=Cc1ccccc1)CN1CCCC(N2CCN(Cc3ccc4c(c3)OCO4)CC2)C1. The third-order valence-electron chi connectivity index (χ3n) is 6.72. The van der Waals surface area contributed by atoms with E-state index in [4.69, 9.17) is 9.47 Å². The summed E-state index contributed by atoms with van der Waals surface area (Å²) in [6.45, 7) is 9.42. The van der Waals surface area contributed by atoms with Crippen molar-refractivity contribution in [2.24, 2.45) is 0 Å². The summed E-state index contributed by atoms with van der Waals surface area (Å²) in [6, 6.07) is 17.6. The van der Waals surface area contributed by atoms with Crippen molar-refractivity contribution < 1.29 is 9.47 Å². The van der Waals surface area contributed by atoms with Gasteiger partial charge in [-0.3, -0.25) is 14.7 Å². The Morgan fingerprint density at radius 1 is 0.871 bits per heavy atom. The zero-order chi connectivity index (χ0) is 20.9. The highest BCUT2D eigenvalue weighted by atomic mass is 16.7. The van der Waals surface area contributed by atoms with Gasteiger partial charge in [0.1, 0.15) is 0 Å². The van der Waals surface area contributed by atoms with E-state index in [1.54, 1.807) is 0 Å². The summed E-state index contributed by atoms with van der Waals surface area (Å²) < 4.78 is 11.0. The number of rotatable bonds is 6. The van der Waals surface area contributed by atoms with Crippen molar-refractivity contribution in [1.29, 1.82) is 0 Å². The van der Waals surface area contributed by atoms with E-state index >= 15 is 0 Å². The van der Waals surface area contributed by atoms with Crippen LogP contribution in [0.4, 0.5) is 0 Å². The van der Waals surface area contributed by atoms with E-state index in [0.29, 0.717) is 12.8 Å². The molecule has 5 heteroatoms. The molecule has 31 heavy (non-hydrogen) atoms. The second-order valence-electron chi connectivity index (χ2n) is 8.87. The number of ether oxygens (including phenoxy) is 2. The number of piperidine rings is 1. The number of likely N-dealkylation sites (tertiary alicyclic amines) is 1. The summed E-state index contributed by atoms with van der Waals surface area (Å²) in [6.07, 6.45) is 7.21. The van der Waals surface area contributed by atoms with Crippen molar-refractivity contribution in [2.75, 3.05) is 52.6 Å². The van der Waals surface area contributed by atoms with Crippen molar-refractivity contribution in [2.45, 2.75) is 25.4 Å². The third kappa shape index (κ3) is 5.29. The molecule has 5 rings (SSSR count). The molecule has 3 aliphatic rings. The first-order valence-electron chi connectivity index (χ1n) is 11.6. The molecule has 3 heterocycles. The van der Waals surface area contributed by atoms with Crippen LogP contribution < -0.4 is 9.47 Å². The van der Waals surface area contributed by atoms with Crippen molar-refractivity contribution in [3.63, 3.8) is 0 Å². The van der Waals surface area contributed by atoms with Crippen LogP contribution in [0.25, 0.3) is 6.08 Å². The Morgan fingerprint density at radius 2 is 1.71 bits per heavy atom. The smallest absolute Gasteiger partial charge is 0.231 e. The van der Waals surface area contributed by atoms with Gasteiger partial charge in [0.05, 0.1) is 0 Å². The van der Waals surface area contributed by atoms with Gasteiger partial charge in [-0.2, -0.15) is 0 Å². The zero-order valence-corrected chi connectivity index (χ0v) is 18.3. The lowest BCUT2D eigenvalue weighted by molar-refractivity contribution is 0.0531. The molecular formula is C26H33N3O2. The van der Waals surface area contributed by atoms with Crippen LogP contribution in [0.3, 0.4) is 0 Å². The largest absolute Gasteiger partial charge is 0.454 e. The fourth-order valence-corrected chi connectivity index (χ4v) is 4.98. The van der Waals surface area contributed by atoms with Gasteiger partial charge in [0.25, 0.3) is 0 Å². The second-order valence-corrected chi connectivity index (χ2v) is 8.87. The van der Waals surface area contributed by atoms with E-state index in [1.807, 2.05) is 6.07 Å². The van der Waals surface area contributed by atoms with Crippen LogP contribution in [0.5, 0.6) is 11.5 Å². The van der Waals surface area contributed by atoms with Crippen molar-refractivity contribution in [3.8, 4) is 11.5 Å². The summed E-state index contributed by atoms with van der Waals surface area (Å²) in [5.74, 6) is 1.76. The van der Waals surface area contributed by atoms with Crippen LogP contribution in [0.1, 0.15) is 24.0 Å². The summed E-state index contributed by atoms with van der Waals surface area (Å²) >= 11 is 0. The molecule has 1 unspecified atom stereocenters. The number of hydrogen-bond acceptors (Lipinski definition) is 5. The number of fused-ring (bicyclic) bond motifs is 1. The Morgan fingerprint density at radius 3 is 2.58 bits per heavy atom. The number of nitrogens with zero attached hydrogens (tertiary/aromatic N) is 3. The topological polar surface area (TPSA) is 28.2 Å². The predicted molar refractivity (Wildman–Crippen MR) is 124 cm³/mol. The van der Waals surface area contributed by atoms with Crippen LogP contribution >= 0.6 is 0 Å². The molecule has 3 aliphatic heterocycles. The van der Waals surface area contributed by atoms with Gasteiger partial charge in [0.2, 0.25) is 6.79 Å². The molecule has 0 spiro atoms. The van der Waals surface area contributed by atoms with Crippen LogP contribution in [0.2, 0.25) is 0 Å². The molecule has 0 amide bonds. The van der Waals surface area contributed by atoms with E-state index in [0.717, 1.165) is 37.7 Å². The number of piperazine rings is 1. The number of hydrogen-bond donors (Lipinski definition) is 0. The highest BCUT2D eigenvalue weighted by Crippen LogP contribution is 2.33. The van der Waals surface area contributed by atoms with Gasteiger partial charge < -0.3 is 9.47 Å². The van der Waals surface area contributed by atoms with Gasteiger partial charge in [-0.15, -0.1) is 0 Å². The molecule has 0 N–H and O–H groups in total. The maximum atomic E-state index is 5.53. The summed E-state index contributed by atoms with van der Waals surface area (Å²) in [5, 5.41) is 0.